The first-order valence-electron chi connectivity index (χ1n) is 11.6. The summed E-state index contributed by atoms with van der Waals surface area (Å²) in [7, 11) is 1.99. The Balaban J connectivity index is 1.66. The Labute approximate surface area is 204 Å². The zero-order valence-electron chi connectivity index (χ0n) is 20.1. The summed E-state index contributed by atoms with van der Waals surface area (Å²) < 4.78 is 20.1. The van der Waals surface area contributed by atoms with E-state index in [1.165, 1.54) is 18.5 Å². The average molecular weight is 480 g/mol. The highest BCUT2D eigenvalue weighted by Crippen LogP contribution is 2.30. The molecule has 1 amide bonds. The highest BCUT2D eigenvalue weighted by molar-refractivity contribution is 5.98. The maximum atomic E-state index is 13.8. The number of benzene rings is 1. The van der Waals surface area contributed by atoms with Crippen molar-refractivity contribution in [1.82, 2.24) is 24.8 Å². The molecule has 1 aliphatic rings. The van der Waals surface area contributed by atoms with Crippen molar-refractivity contribution in [3.63, 3.8) is 0 Å². The van der Waals surface area contributed by atoms with Crippen LogP contribution in [0.25, 0.3) is 11.1 Å². The standard InChI is InChI=1S/C26H30FN5O3/c1-17-12-32(18(2)15-33)26(34)23-8-21(20-5-4-6-22(27)7-20)11-30-25(23)35-24(17)14-31(3)13-19-9-28-16-29-10-19/h4-11,16-18,24,33H,12-15H2,1-3H3/t17-,18+,24-/m0/s1. The van der Waals surface area contributed by atoms with Gasteiger partial charge in [0.05, 0.1) is 12.6 Å². The van der Waals surface area contributed by atoms with Crippen LogP contribution in [0.1, 0.15) is 29.8 Å². The molecule has 0 aliphatic carbocycles. The van der Waals surface area contributed by atoms with Crippen molar-refractivity contribution in [2.75, 3.05) is 26.7 Å². The summed E-state index contributed by atoms with van der Waals surface area (Å²) in [6.07, 6.45) is 6.38. The Hall–Kier alpha value is -3.43. The van der Waals surface area contributed by atoms with E-state index in [-0.39, 0.29) is 42.3 Å². The number of amides is 1. The zero-order chi connectivity index (χ0) is 24.9. The summed E-state index contributed by atoms with van der Waals surface area (Å²) in [5.74, 6) is -0.431. The number of hydrogen-bond acceptors (Lipinski definition) is 7. The van der Waals surface area contributed by atoms with Gasteiger partial charge in [0, 0.05) is 55.3 Å². The SMILES string of the molecule is C[C@H](CO)N1C[C@H](C)[C@H](CN(C)Cc2cncnc2)Oc2ncc(-c3cccc(F)c3)cc2C1=O. The van der Waals surface area contributed by atoms with Crippen LogP contribution < -0.4 is 4.74 Å². The zero-order valence-corrected chi connectivity index (χ0v) is 20.1. The van der Waals surface area contributed by atoms with Crippen molar-refractivity contribution in [3.05, 3.63) is 72.2 Å². The van der Waals surface area contributed by atoms with Crippen LogP contribution in [0.4, 0.5) is 4.39 Å². The lowest BCUT2D eigenvalue weighted by atomic mass is 9.99. The first kappa shape index (κ1) is 24.7. The molecular weight excluding hydrogens is 449 g/mol. The fourth-order valence-corrected chi connectivity index (χ4v) is 4.24. The van der Waals surface area contributed by atoms with Gasteiger partial charge in [-0.25, -0.2) is 19.3 Å². The highest BCUT2D eigenvalue weighted by atomic mass is 19.1. The average Bonchev–Trinajstić information content (AvgIpc) is 2.86. The molecule has 0 spiro atoms. The second kappa shape index (κ2) is 10.9. The normalized spacial score (nSPS) is 19.0. The van der Waals surface area contributed by atoms with E-state index in [2.05, 4.69) is 19.9 Å². The molecule has 0 radical (unpaired) electrons. The smallest absolute Gasteiger partial charge is 0.259 e. The van der Waals surface area contributed by atoms with Crippen molar-refractivity contribution in [1.29, 1.82) is 0 Å². The molecular formula is C26H30FN5O3. The third kappa shape index (κ3) is 5.80. The van der Waals surface area contributed by atoms with Gasteiger partial charge in [0.2, 0.25) is 5.88 Å². The molecule has 0 bridgehead atoms. The monoisotopic (exact) mass is 479 g/mol. The van der Waals surface area contributed by atoms with Crippen LogP contribution in [0.3, 0.4) is 0 Å². The Morgan fingerprint density at radius 2 is 2.00 bits per heavy atom. The number of fused-ring (bicyclic) bond motifs is 1. The van der Waals surface area contributed by atoms with Gasteiger partial charge in [-0.3, -0.25) is 9.69 Å². The Morgan fingerprint density at radius 1 is 1.23 bits per heavy atom. The predicted molar refractivity (Wildman–Crippen MR) is 129 cm³/mol. The molecule has 0 saturated heterocycles. The first-order valence-corrected chi connectivity index (χ1v) is 11.6. The van der Waals surface area contributed by atoms with Gasteiger partial charge in [-0.05, 0) is 37.7 Å². The number of likely N-dealkylation sites (N-methyl/N-ethyl adjacent to an activating group) is 1. The molecule has 3 heterocycles. The molecule has 9 heteroatoms. The lowest BCUT2D eigenvalue weighted by Gasteiger charge is -2.37. The number of hydrogen-bond donors (Lipinski definition) is 1. The van der Waals surface area contributed by atoms with Gasteiger partial charge in [-0.1, -0.05) is 19.1 Å². The number of carbonyl (C=O) groups is 1. The van der Waals surface area contributed by atoms with E-state index < -0.39 is 0 Å². The van der Waals surface area contributed by atoms with Gasteiger partial charge >= 0.3 is 0 Å². The van der Waals surface area contributed by atoms with Crippen LogP contribution in [0.15, 0.2) is 55.2 Å². The maximum Gasteiger partial charge on any atom is 0.259 e. The van der Waals surface area contributed by atoms with Crippen molar-refractivity contribution in [2.45, 2.75) is 32.5 Å². The number of aliphatic hydroxyl groups excluding tert-OH is 1. The Morgan fingerprint density at radius 3 is 2.71 bits per heavy atom. The molecule has 3 atom stereocenters. The van der Waals surface area contributed by atoms with Gasteiger partial charge in [0.1, 0.15) is 23.8 Å². The molecule has 2 aromatic heterocycles. The summed E-state index contributed by atoms with van der Waals surface area (Å²) in [4.78, 5) is 30.0. The third-order valence-corrected chi connectivity index (χ3v) is 6.24. The fraction of sp³-hybridized carbons (Fsp3) is 0.385. The van der Waals surface area contributed by atoms with Crippen molar-refractivity contribution in [3.8, 4) is 17.0 Å². The van der Waals surface area contributed by atoms with E-state index in [1.807, 2.05) is 20.9 Å². The summed E-state index contributed by atoms with van der Waals surface area (Å²) in [6, 6.07) is 7.46. The number of halogens is 1. The molecule has 0 fully saturated rings. The number of aliphatic hydroxyl groups is 1. The van der Waals surface area contributed by atoms with E-state index >= 15 is 0 Å². The van der Waals surface area contributed by atoms with E-state index in [1.54, 1.807) is 41.7 Å². The third-order valence-electron chi connectivity index (χ3n) is 6.24. The lowest BCUT2D eigenvalue weighted by Crippen LogP contribution is -2.49. The van der Waals surface area contributed by atoms with E-state index in [0.29, 0.717) is 36.3 Å². The fourth-order valence-electron chi connectivity index (χ4n) is 4.24. The molecule has 3 aromatic rings. The van der Waals surface area contributed by atoms with E-state index in [0.717, 1.165) is 5.56 Å². The lowest BCUT2D eigenvalue weighted by molar-refractivity contribution is 0.0325. The summed E-state index contributed by atoms with van der Waals surface area (Å²) in [6.45, 7) is 5.31. The molecule has 1 aromatic carbocycles. The number of carbonyl (C=O) groups excluding carboxylic acids is 1. The second-order valence-corrected chi connectivity index (χ2v) is 9.15. The molecule has 35 heavy (non-hydrogen) atoms. The molecule has 4 rings (SSSR count). The maximum absolute atomic E-state index is 13.8. The van der Waals surface area contributed by atoms with Crippen molar-refractivity contribution >= 4 is 5.91 Å². The van der Waals surface area contributed by atoms with Crippen LogP contribution in [0, 0.1) is 11.7 Å². The minimum atomic E-state index is -0.381. The number of ether oxygens (including phenoxy) is 1. The summed E-state index contributed by atoms with van der Waals surface area (Å²) in [5.41, 5.74) is 2.51. The Bertz CT molecular complexity index is 1160. The largest absolute Gasteiger partial charge is 0.472 e. The van der Waals surface area contributed by atoms with Crippen LogP contribution in [-0.2, 0) is 6.54 Å². The minimum Gasteiger partial charge on any atom is -0.472 e. The molecule has 1 aliphatic heterocycles. The topological polar surface area (TPSA) is 91.7 Å². The van der Waals surface area contributed by atoms with Crippen LogP contribution >= 0.6 is 0 Å². The van der Waals surface area contributed by atoms with Gasteiger partial charge < -0.3 is 14.7 Å². The molecule has 8 nitrogen and oxygen atoms in total. The second-order valence-electron chi connectivity index (χ2n) is 9.15. The minimum absolute atomic E-state index is 0.0275. The quantitative estimate of drug-likeness (QED) is 0.557. The van der Waals surface area contributed by atoms with Crippen LogP contribution in [0.2, 0.25) is 0 Å². The van der Waals surface area contributed by atoms with Crippen molar-refractivity contribution < 1.29 is 19.0 Å². The van der Waals surface area contributed by atoms with Crippen LogP contribution in [-0.4, -0.2) is 74.7 Å². The van der Waals surface area contributed by atoms with Crippen LogP contribution in [0.5, 0.6) is 5.88 Å². The first-order chi connectivity index (χ1) is 16.9. The number of nitrogens with zero attached hydrogens (tertiary/aromatic N) is 5. The van der Waals surface area contributed by atoms with Gasteiger partial charge in [-0.2, -0.15) is 0 Å². The number of rotatable bonds is 7. The molecule has 184 valence electrons. The Kier molecular flexibility index (Phi) is 7.67. The number of pyridine rings is 1. The van der Waals surface area contributed by atoms with Gasteiger partial charge in [0.15, 0.2) is 0 Å². The summed E-state index contributed by atoms with van der Waals surface area (Å²) >= 11 is 0. The molecule has 0 saturated carbocycles. The highest BCUT2D eigenvalue weighted by Gasteiger charge is 2.34. The molecule has 1 N–H and O–H groups in total. The van der Waals surface area contributed by atoms with E-state index in [4.69, 9.17) is 4.74 Å². The summed E-state index contributed by atoms with van der Waals surface area (Å²) in [5, 5.41) is 9.84. The van der Waals surface area contributed by atoms with E-state index in [9.17, 15) is 14.3 Å². The van der Waals surface area contributed by atoms with Gasteiger partial charge in [-0.15, -0.1) is 0 Å². The van der Waals surface area contributed by atoms with Gasteiger partial charge in [0.25, 0.3) is 5.91 Å². The molecule has 0 unspecified atom stereocenters. The predicted octanol–water partition coefficient (Wildman–Crippen LogP) is 3.03. The van der Waals surface area contributed by atoms with Crippen molar-refractivity contribution in [2.24, 2.45) is 5.92 Å². The number of aromatic nitrogens is 3.